The number of anilines is 3. The van der Waals surface area contributed by atoms with Crippen LogP contribution in [0.4, 0.5) is 17.2 Å². The van der Waals surface area contributed by atoms with Gasteiger partial charge in [0.2, 0.25) is 0 Å². The van der Waals surface area contributed by atoms with E-state index >= 15 is 0 Å². The molecule has 27 heavy (non-hydrogen) atoms. The quantitative estimate of drug-likeness (QED) is 0.465. The normalized spacial score (nSPS) is 11.3. The number of nitrogen functional groups attached to an aromatic ring is 1. The number of nitrogens with one attached hydrogen (secondary N) is 1. The van der Waals surface area contributed by atoms with Gasteiger partial charge in [0.1, 0.15) is 12.1 Å². The Morgan fingerprint density at radius 1 is 1.07 bits per heavy atom. The first kappa shape index (κ1) is 15.7. The van der Waals surface area contributed by atoms with Crippen LogP contribution in [0.5, 0.6) is 0 Å². The van der Waals surface area contributed by atoms with Gasteiger partial charge in [-0.15, -0.1) is 11.3 Å². The van der Waals surface area contributed by atoms with Gasteiger partial charge in [-0.2, -0.15) is 5.10 Å². The van der Waals surface area contributed by atoms with Crippen molar-refractivity contribution in [1.29, 1.82) is 0 Å². The van der Waals surface area contributed by atoms with Gasteiger partial charge >= 0.3 is 0 Å². The fourth-order valence-electron chi connectivity index (χ4n) is 3.10. The third kappa shape index (κ3) is 2.76. The summed E-state index contributed by atoms with van der Waals surface area (Å²) in [5, 5.41) is 8.46. The average molecular weight is 373 g/mol. The Morgan fingerprint density at radius 2 is 2.00 bits per heavy atom. The molecule has 0 saturated heterocycles. The molecule has 0 amide bonds. The third-order valence-corrected chi connectivity index (χ3v) is 5.21. The number of nitrogens with zero attached hydrogens (tertiary/aromatic N) is 5. The maximum absolute atomic E-state index is 6.32. The molecular formula is C19H15N7S. The minimum absolute atomic E-state index is 0.659. The molecule has 0 atom stereocenters. The Labute approximate surface area is 158 Å². The van der Waals surface area contributed by atoms with Gasteiger partial charge in [0.05, 0.1) is 27.4 Å². The van der Waals surface area contributed by atoms with Crippen LogP contribution in [0.1, 0.15) is 0 Å². The molecule has 0 aliphatic rings. The van der Waals surface area contributed by atoms with E-state index in [0.29, 0.717) is 11.5 Å². The minimum Gasteiger partial charge on any atom is -0.398 e. The van der Waals surface area contributed by atoms with Gasteiger partial charge in [0.15, 0.2) is 0 Å². The Balaban J connectivity index is 1.59. The minimum atomic E-state index is 0.659. The molecule has 132 valence electrons. The van der Waals surface area contributed by atoms with Crippen molar-refractivity contribution in [3.05, 3.63) is 54.6 Å². The Bertz CT molecular complexity index is 1290. The maximum atomic E-state index is 6.32. The number of thiazole rings is 1. The van der Waals surface area contributed by atoms with Crippen LogP contribution in [0.15, 0.2) is 54.6 Å². The van der Waals surface area contributed by atoms with E-state index in [1.165, 1.54) is 0 Å². The zero-order chi connectivity index (χ0) is 18.4. The zero-order valence-corrected chi connectivity index (χ0v) is 15.2. The predicted molar refractivity (Wildman–Crippen MR) is 109 cm³/mol. The smallest absolute Gasteiger partial charge is 0.141 e. The number of aryl methyl sites for hydroxylation is 1. The molecule has 0 fully saturated rings. The monoisotopic (exact) mass is 373 g/mol. The maximum Gasteiger partial charge on any atom is 0.141 e. The van der Waals surface area contributed by atoms with E-state index in [0.717, 1.165) is 37.9 Å². The summed E-state index contributed by atoms with van der Waals surface area (Å²) in [5.41, 5.74) is 13.4. The second-order valence-electron chi connectivity index (χ2n) is 6.24. The van der Waals surface area contributed by atoms with Crippen molar-refractivity contribution < 1.29 is 0 Å². The Hall–Kier alpha value is -3.52. The van der Waals surface area contributed by atoms with Gasteiger partial charge in [-0.05, 0) is 30.3 Å². The van der Waals surface area contributed by atoms with Crippen molar-refractivity contribution >= 4 is 49.6 Å². The SMILES string of the molecule is Cn1cc(-c2cc3ncnc(Nc4ccc5ncsc5c4)c3cc2N)cn1. The first-order valence-electron chi connectivity index (χ1n) is 8.31. The second kappa shape index (κ2) is 6.03. The van der Waals surface area contributed by atoms with Crippen LogP contribution in [0.3, 0.4) is 0 Å². The first-order valence-corrected chi connectivity index (χ1v) is 9.19. The summed E-state index contributed by atoms with van der Waals surface area (Å²) < 4.78 is 2.87. The van der Waals surface area contributed by atoms with Crippen molar-refractivity contribution in [2.24, 2.45) is 7.05 Å². The van der Waals surface area contributed by atoms with Crippen molar-refractivity contribution in [2.45, 2.75) is 0 Å². The van der Waals surface area contributed by atoms with Crippen molar-refractivity contribution in [3.8, 4) is 11.1 Å². The number of benzene rings is 2. The summed E-state index contributed by atoms with van der Waals surface area (Å²) in [6.07, 6.45) is 5.28. The molecule has 5 aromatic rings. The second-order valence-corrected chi connectivity index (χ2v) is 7.13. The predicted octanol–water partition coefficient (Wildman–Crippen LogP) is 3.97. The molecule has 0 radical (unpaired) electrons. The van der Waals surface area contributed by atoms with Crippen molar-refractivity contribution in [2.75, 3.05) is 11.1 Å². The summed E-state index contributed by atoms with van der Waals surface area (Å²) in [6, 6.07) is 9.93. The highest BCUT2D eigenvalue weighted by Crippen LogP contribution is 2.33. The Kier molecular flexibility index (Phi) is 3.51. The highest BCUT2D eigenvalue weighted by atomic mass is 32.1. The van der Waals surface area contributed by atoms with E-state index in [1.54, 1.807) is 28.5 Å². The number of fused-ring (bicyclic) bond motifs is 2. The van der Waals surface area contributed by atoms with Crippen LogP contribution < -0.4 is 11.1 Å². The zero-order valence-electron chi connectivity index (χ0n) is 14.4. The molecule has 8 heteroatoms. The standard InChI is InChI=1S/C19H15N7S/c1-26-8-11(7-24-26)13-6-17-14(5-15(13)20)19(22-9-21-17)25-12-2-3-16-18(4-12)27-10-23-16/h2-10H,20H2,1H3,(H,21,22,25). The lowest BCUT2D eigenvalue weighted by Crippen LogP contribution is -1.98. The molecule has 0 aliphatic carbocycles. The van der Waals surface area contributed by atoms with Crippen LogP contribution in [-0.2, 0) is 7.05 Å². The fraction of sp³-hybridized carbons (Fsp3) is 0.0526. The van der Waals surface area contributed by atoms with E-state index < -0.39 is 0 Å². The van der Waals surface area contributed by atoms with E-state index in [4.69, 9.17) is 5.73 Å². The summed E-state index contributed by atoms with van der Waals surface area (Å²) in [7, 11) is 1.88. The lowest BCUT2D eigenvalue weighted by atomic mass is 10.0. The molecule has 0 aliphatic heterocycles. The molecule has 0 saturated carbocycles. The molecule has 3 N–H and O–H groups in total. The number of nitrogens with two attached hydrogens (primary N) is 1. The highest BCUT2D eigenvalue weighted by Gasteiger charge is 2.11. The Morgan fingerprint density at radius 3 is 2.85 bits per heavy atom. The van der Waals surface area contributed by atoms with Gasteiger partial charge in [-0.1, -0.05) is 0 Å². The van der Waals surface area contributed by atoms with Crippen LogP contribution >= 0.6 is 11.3 Å². The molecule has 3 aromatic heterocycles. The lowest BCUT2D eigenvalue weighted by Gasteiger charge is -2.11. The molecule has 0 bridgehead atoms. The van der Waals surface area contributed by atoms with E-state index in [-0.39, 0.29) is 0 Å². The molecular weight excluding hydrogens is 358 g/mol. The largest absolute Gasteiger partial charge is 0.398 e. The van der Waals surface area contributed by atoms with Gasteiger partial charge in [0, 0.05) is 41.1 Å². The summed E-state index contributed by atoms with van der Waals surface area (Å²) in [6.45, 7) is 0. The van der Waals surface area contributed by atoms with Gasteiger partial charge in [-0.3, -0.25) is 4.68 Å². The van der Waals surface area contributed by atoms with Crippen LogP contribution in [0.25, 0.3) is 32.2 Å². The third-order valence-electron chi connectivity index (χ3n) is 4.42. The summed E-state index contributed by atoms with van der Waals surface area (Å²) >= 11 is 1.61. The molecule has 0 spiro atoms. The fourth-order valence-corrected chi connectivity index (χ4v) is 3.82. The molecule has 3 heterocycles. The number of rotatable bonds is 3. The van der Waals surface area contributed by atoms with E-state index in [9.17, 15) is 0 Å². The molecule has 7 nitrogen and oxygen atoms in total. The lowest BCUT2D eigenvalue weighted by molar-refractivity contribution is 0.768. The number of hydrogen-bond acceptors (Lipinski definition) is 7. The average Bonchev–Trinajstić information content (AvgIpc) is 3.30. The van der Waals surface area contributed by atoms with Crippen molar-refractivity contribution in [3.63, 3.8) is 0 Å². The van der Waals surface area contributed by atoms with Crippen LogP contribution in [-0.4, -0.2) is 24.7 Å². The van der Waals surface area contributed by atoms with Gasteiger partial charge < -0.3 is 11.1 Å². The highest BCUT2D eigenvalue weighted by molar-refractivity contribution is 7.16. The first-order chi connectivity index (χ1) is 13.2. The molecule has 5 rings (SSSR count). The molecule has 0 unspecified atom stereocenters. The van der Waals surface area contributed by atoms with Crippen molar-refractivity contribution in [1.82, 2.24) is 24.7 Å². The van der Waals surface area contributed by atoms with E-state index in [1.807, 2.05) is 43.0 Å². The topological polar surface area (TPSA) is 94.5 Å². The van der Waals surface area contributed by atoms with E-state index in [2.05, 4.69) is 31.4 Å². The van der Waals surface area contributed by atoms with Gasteiger partial charge in [0.25, 0.3) is 0 Å². The van der Waals surface area contributed by atoms with Crippen LogP contribution in [0, 0.1) is 0 Å². The van der Waals surface area contributed by atoms with Crippen LogP contribution in [0.2, 0.25) is 0 Å². The number of aromatic nitrogens is 5. The summed E-state index contributed by atoms with van der Waals surface area (Å²) in [5.74, 6) is 0.716. The molecule has 2 aromatic carbocycles. The number of hydrogen-bond donors (Lipinski definition) is 2. The van der Waals surface area contributed by atoms with Gasteiger partial charge in [-0.25, -0.2) is 15.0 Å². The summed E-state index contributed by atoms with van der Waals surface area (Å²) in [4.78, 5) is 13.1.